The molecule has 2 heterocycles. The van der Waals surface area contributed by atoms with Crippen LogP contribution in [-0.4, -0.2) is 28.9 Å². The van der Waals surface area contributed by atoms with Crippen LogP contribution in [-0.2, 0) is 11.3 Å². The molecule has 0 aliphatic carbocycles. The first-order valence-electron chi connectivity index (χ1n) is 10.5. The third kappa shape index (κ3) is 5.65. The summed E-state index contributed by atoms with van der Waals surface area (Å²) in [6, 6.07) is 21.3. The molecule has 1 N–H and O–H groups in total. The molecule has 160 valence electrons. The first-order valence-corrected chi connectivity index (χ1v) is 11.3. The van der Waals surface area contributed by atoms with E-state index in [2.05, 4.69) is 15.2 Å². The third-order valence-corrected chi connectivity index (χ3v) is 6.49. The predicted octanol–water partition coefficient (Wildman–Crippen LogP) is 5.51. The van der Waals surface area contributed by atoms with Gasteiger partial charge in [-0.2, -0.15) is 0 Å². The van der Waals surface area contributed by atoms with Gasteiger partial charge in [0.2, 0.25) is 5.91 Å². The zero-order valence-corrected chi connectivity index (χ0v) is 18.7. The van der Waals surface area contributed by atoms with Gasteiger partial charge in [0.05, 0.1) is 21.8 Å². The van der Waals surface area contributed by atoms with Crippen molar-refractivity contribution in [3.63, 3.8) is 0 Å². The molecular weight excluding hydrogens is 429 g/mol. The van der Waals surface area contributed by atoms with E-state index in [9.17, 15) is 4.79 Å². The molecule has 2 aromatic carbocycles. The van der Waals surface area contributed by atoms with Crippen molar-refractivity contribution in [2.24, 2.45) is 5.92 Å². The van der Waals surface area contributed by atoms with Gasteiger partial charge in [0.15, 0.2) is 0 Å². The molecule has 1 amide bonds. The zero-order chi connectivity index (χ0) is 21.6. The highest BCUT2D eigenvalue weighted by atomic mass is 35.5. The van der Waals surface area contributed by atoms with Crippen molar-refractivity contribution in [3.8, 4) is 0 Å². The zero-order valence-electron chi connectivity index (χ0n) is 17.2. The molecule has 4 nitrogen and oxygen atoms in total. The minimum Gasteiger partial charge on any atom is -0.343 e. The fraction of sp³-hybridized carbons (Fsp3) is 0.280. The van der Waals surface area contributed by atoms with Gasteiger partial charge in [0, 0.05) is 18.7 Å². The Morgan fingerprint density at radius 1 is 1.00 bits per heavy atom. The molecule has 6 heteroatoms. The summed E-state index contributed by atoms with van der Waals surface area (Å²) >= 11 is 12.2. The van der Waals surface area contributed by atoms with Crippen molar-refractivity contribution in [1.82, 2.24) is 15.2 Å². The number of piperidine rings is 1. The Bertz CT molecular complexity index is 966. The molecule has 0 spiro atoms. The van der Waals surface area contributed by atoms with Gasteiger partial charge in [-0.3, -0.25) is 14.7 Å². The van der Waals surface area contributed by atoms with E-state index in [1.807, 2.05) is 66.7 Å². The second-order valence-corrected chi connectivity index (χ2v) is 8.72. The molecular formula is C25H25Cl2N3O. The Morgan fingerprint density at radius 2 is 1.74 bits per heavy atom. The van der Waals surface area contributed by atoms with Crippen LogP contribution >= 0.6 is 23.2 Å². The molecule has 3 aromatic rings. The third-order valence-electron chi connectivity index (χ3n) is 5.75. The SMILES string of the molecule is O=C(NC(c1ccccc1)c1ccccn1)C1CCN(Cc2ccc(Cl)c(Cl)c2)CC1. The summed E-state index contributed by atoms with van der Waals surface area (Å²) in [5.41, 5.74) is 3.02. The normalized spacial score (nSPS) is 16.1. The lowest BCUT2D eigenvalue weighted by atomic mass is 9.94. The molecule has 1 fully saturated rings. The Morgan fingerprint density at radius 3 is 2.42 bits per heavy atom. The number of nitrogens with one attached hydrogen (secondary N) is 1. The molecule has 1 saturated heterocycles. The summed E-state index contributed by atoms with van der Waals surface area (Å²) in [7, 11) is 0. The summed E-state index contributed by atoms with van der Waals surface area (Å²) in [5.74, 6) is 0.0914. The van der Waals surface area contributed by atoms with Crippen molar-refractivity contribution < 1.29 is 4.79 Å². The number of benzene rings is 2. The lowest BCUT2D eigenvalue weighted by molar-refractivity contribution is -0.127. The maximum atomic E-state index is 13.1. The van der Waals surface area contributed by atoms with Gasteiger partial charge in [-0.15, -0.1) is 0 Å². The van der Waals surface area contributed by atoms with E-state index >= 15 is 0 Å². The van der Waals surface area contributed by atoms with Crippen LogP contribution in [0.4, 0.5) is 0 Å². The number of amides is 1. The second kappa shape index (κ2) is 10.3. The van der Waals surface area contributed by atoms with Crippen LogP contribution in [0, 0.1) is 5.92 Å². The van der Waals surface area contributed by atoms with E-state index in [1.165, 1.54) is 0 Å². The van der Waals surface area contributed by atoms with E-state index < -0.39 is 0 Å². The molecule has 0 radical (unpaired) electrons. The monoisotopic (exact) mass is 453 g/mol. The van der Waals surface area contributed by atoms with Crippen molar-refractivity contribution in [2.75, 3.05) is 13.1 Å². The molecule has 1 aromatic heterocycles. The number of aromatic nitrogens is 1. The molecule has 1 aliphatic rings. The second-order valence-electron chi connectivity index (χ2n) is 7.91. The first-order chi connectivity index (χ1) is 15.1. The van der Waals surface area contributed by atoms with Crippen LogP contribution in [0.5, 0.6) is 0 Å². The molecule has 31 heavy (non-hydrogen) atoms. The highest BCUT2D eigenvalue weighted by Crippen LogP contribution is 2.26. The van der Waals surface area contributed by atoms with Crippen LogP contribution in [0.25, 0.3) is 0 Å². The van der Waals surface area contributed by atoms with Crippen molar-refractivity contribution in [3.05, 3.63) is 99.8 Å². The Labute approximate surface area is 193 Å². The molecule has 0 saturated carbocycles. The van der Waals surface area contributed by atoms with Gasteiger partial charge >= 0.3 is 0 Å². The predicted molar refractivity (Wildman–Crippen MR) is 125 cm³/mol. The van der Waals surface area contributed by atoms with E-state index in [0.717, 1.165) is 49.3 Å². The first kappa shape index (κ1) is 21.8. The Kier molecular flexibility index (Phi) is 7.23. The number of pyridine rings is 1. The van der Waals surface area contributed by atoms with Crippen molar-refractivity contribution >= 4 is 29.1 Å². The van der Waals surface area contributed by atoms with Crippen LogP contribution in [0.2, 0.25) is 10.0 Å². The molecule has 4 rings (SSSR count). The number of carbonyl (C=O) groups excluding carboxylic acids is 1. The summed E-state index contributed by atoms with van der Waals surface area (Å²) in [4.78, 5) is 20.0. The summed E-state index contributed by atoms with van der Waals surface area (Å²) in [6.45, 7) is 2.56. The summed E-state index contributed by atoms with van der Waals surface area (Å²) in [5, 5.41) is 4.40. The van der Waals surface area contributed by atoms with Crippen LogP contribution in [0.15, 0.2) is 72.9 Å². The lowest BCUT2D eigenvalue weighted by Gasteiger charge is -2.32. The maximum absolute atomic E-state index is 13.1. The van der Waals surface area contributed by atoms with Gasteiger partial charge in [-0.1, -0.05) is 65.7 Å². The molecule has 1 unspecified atom stereocenters. The van der Waals surface area contributed by atoms with Crippen LogP contribution in [0.1, 0.15) is 35.7 Å². The summed E-state index contributed by atoms with van der Waals surface area (Å²) in [6.07, 6.45) is 3.42. The fourth-order valence-corrected chi connectivity index (χ4v) is 4.35. The molecule has 1 atom stereocenters. The van der Waals surface area contributed by atoms with E-state index in [1.54, 1.807) is 6.20 Å². The van der Waals surface area contributed by atoms with Gasteiger partial charge in [0.1, 0.15) is 0 Å². The highest BCUT2D eigenvalue weighted by Gasteiger charge is 2.28. The van der Waals surface area contributed by atoms with Gasteiger partial charge in [0.25, 0.3) is 0 Å². The minimum absolute atomic E-state index is 0.0000183. The van der Waals surface area contributed by atoms with E-state index in [-0.39, 0.29) is 17.9 Å². The Balaban J connectivity index is 1.37. The van der Waals surface area contributed by atoms with Crippen LogP contribution in [0.3, 0.4) is 0 Å². The molecule has 0 bridgehead atoms. The van der Waals surface area contributed by atoms with Gasteiger partial charge in [-0.25, -0.2) is 0 Å². The van der Waals surface area contributed by atoms with E-state index in [0.29, 0.717) is 10.0 Å². The fourth-order valence-electron chi connectivity index (χ4n) is 4.03. The number of nitrogens with zero attached hydrogens (tertiary/aromatic N) is 2. The number of carbonyl (C=O) groups is 1. The molecule has 1 aliphatic heterocycles. The summed E-state index contributed by atoms with van der Waals surface area (Å²) < 4.78 is 0. The highest BCUT2D eigenvalue weighted by molar-refractivity contribution is 6.42. The van der Waals surface area contributed by atoms with Gasteiger partial charge < -0.3 is 5.32 Å². The quantitative estimate of drug-likeness (QED) is 0.535. The number of hydrogen-bond acceptors (Lipinski definition) is 3. The van der Waals surface area contributed by atoms with Crippen LogP contribution < -0.4 is 5.32 Å². The van der Waals surface area contributed by atoms with Gasteiger partial charge in [-0.05, 0) is 61.3 Å². The number of hydrogen-bond donors (Lipinski definition) is 1. The minimum atomic E-state index is -0.246. The van der Waals surface area contributed by atoms with Crippen molar-refractivity contribution in [2.45, 2.75) is 25.4 Å². The average Bonchev–Trinajstić information content (AvgIpc) is 2.81. The topological polar surface area (TPSA) is 45.2 Å². The average molecular weight is 454 g/mol. The number of rotatable bonds is 6. The number of likely N-dealkylation sites (tertiary alicyclic amines) is 1. The smallest absolute Gasteiger partial charge is 0.224 e. The van der Waals surface area contributed by atoms with Crippen molar-refractivity contribution in [1.29, 1.82) is 0 Å². The lowest BCUT2D eigenvalue weighted by Crippen LogP contribution is -2.41. The standard InChI is InChI=1S/C25H25Cl2N3O/c26-21-10-9-18(16-22(21)27)17-30-14-11-20(12-15-30)25(31)29-24(19-6-2-1-3-7-19)23-8-4-5-13-28-23/h1-10,13,16,20,24H,11-12,14-15,17H2,(H,29,31). The van der Waals surface area contributed by atoms with E-state index in [4.69, 9.17) is 23.2 Å². The largest absolute Gasteiger partial charge is 0.343 e. The maximum Gasteiger partial charge on any atom is 0.224 e. The Hall–Kier alpha value is -2.40. The number of halogens is 2.